The van der Waals surface area contributed by atoms with Gasteiger partial charge in [-0.05, 0) is 68.5 Å². The minimum Gasteiger partial charge on any atom is -0.494 e. The van der Waals surface area contributed by atoms with Gasteiger partial charge in [-0.25, -0.2) is 0 Å². The highest BCUT2D eigenvalue weighted by Crippen LogP contribution is 2.23. The van der Waals surface area contributed by atoms with Gasteiger partial charge in [0.2, 0.25) is 5.91 Å². The molecule has 1 saturated heterocycles. The number of piperidine rings is 1. The van der Waals surface area contributed by atoms with Gasteiger partial charge < -0.3 is 15.0 Å². The molecule has 2 rings (SSSR count). The van der Waals surface area contributed by atoms with Gasteiger partial charge >= 0.3 is 0 Å². The van der Waals surface area contributed by atoms with E-state index in [9.17, 15) is 4.79 Å². The Morgan fingerprint density at radius 3 is 2.83 bits per heavy atom. The van der Waals surface area contributed by atoms with Crippen LogP contribution in [0.3, 0.4) is 0 Å². The third-order valence-electron chi connectivity index (χ3n) is 4.78. The van der Waals surface area contributed by atoms with Gasteiger partial charge in [0.25, 0.3) is 0 Å². The van der Waals surface area contributed by atoms with Crippen LogP contribution in [-0.4, -0.2) is 44.1 Å². The van der Waals surface area contributed by atoms with Crippen molar-refractivity contribution in [3.05, 3.63) is 29.3 Å². The second-order valence-electron chi connectivity index (χ2n) is 6.76. The maximum absolute atomic E-state index is 12.3. The zero-order valence-corrected chi connectivity index (χ0v) is 15.5. The normalized spacial score (nSPS) is 18.9. The van der Waals surface area contributed by atoms with Crippen LogP contribution in [0.1, 0.15) is 32.6 Å². The number of ether oxygens (including phenoxy) is 1. The summed E-state index contributed by atoms with van der Waals surface area (Å²) in [5, 5.41) is 4.13. The van der Waals surface area contributed by atoms with E-state index in [-0.39, 0.29) is 5.91 Å². The number of hydrogen-bond donors (Lipinski definition) is 1. The molecule has 134 valence electrons. The molecule has 1 aromatic rings. The molecule has 0 bridgehead atoms. The van der Waals surface area contributed by atoms with Crippen LogP contribution >= 0.6 is 11.6 Å². The van der Waals surface area contributed by atoms with Crippen molar-refractivity contribution < 1.29 is 9.53 Å². The van der Waals surface area contributed by atoms with Crippen LogP contribution in [0.25, 0.3) is 0 Å². The first kappa shape index (κ1) is 19.1. The molecule has 1 fully saturated rings. The lowest BCUT2D eigenvalue weighted by Gasteiger charge is -2.29. The maximum Gasteiger partial charge on any atom is 0.222 e. The molecule has 5 heteroatoms. The first-order valence-corrected chi connectivity index (χ1v) is 9.27. The number of amides is 1. The predicted molar refractivity (Wildman–Crippen MR) is 98.6 cm³/mol. The van der Waals surface area contributed by atoms with E-state index >= 15 is 0 Å². The Balaban J connectivity index is 1.63. The van der Waals surface area contributed by atoms with Crippen molar-refractivity contribution in [1.29, 1.82) is 0 Å². The van der Waals surface area contributed by atoms with Gasteiger partial charge in [0.15, 0.2) is 0 Å². The summed E-state index contributed by atoms with van der Waals surface area (Å²) in [5.41, 5.74) is 0. The Hall–Kier alpha value is -1.26. The average Bonchev–Trinajstić information content (AvgIpc) is 2.60. The van der Waals surface area contributed by atoms with Crippen molar-refractivity contribution in [3.8, 4) is 5.75 Å². The van der Waals surface area contributed by atoms with Crippen LogP contribution in [0.2, 0.25) is 5.02 Å². The van der Waals surface area contributed by atoms with E-state index in [1.54, 1.807) is 0 Å². The first-order valence-electron chi connectivity index (χ1n) is 8.89. The lowest BCUT2D eigenvalue weighted by Crippen LogP contribution is -2.36. The van der Waals surface area contributed by atoms with Crippen LogP contribution in [0.15, 0.2) is 24.3 Å². The standard InChI is InChI=1S/C19H29ClN2O2/c1-15(16-5-3-10-21-14-16)13-19(23)22(2)11-4-12-24-18-8-6-17(20)7-9-18/h6-9,15-16,21H,3-5,10-14H2,1-2H3. The molecule has 2 atom stereocenters. The van der Waals surface area contributed by atoms with Crippen LogP contribution < -0.4 is 10.1 Å². The molecule has 4 nitrogen and oxygen atoms in total. The lowest BCUT2D eigenvalue weighted by molar-refractivity contribution is -0.131. The number of rotatable bonds is 8. The van der Waals surface area contributed by atoms with Crippen molar-refractivity contribution in [1.82, 2.24) is 10.2 Å². The molecule has 0 aromatic heterocycles. The van der Waals surface area contributed by atoms with Crippen molar-refractivity contribution >= 4 is 17.5 Å². The number of carbonyl (C=O) groups excluding carboxylic acids is 1. The minimum absolute atomic E-state index is 0.236. The van der Waals surface area contributed by atoms with E-state index in [4.69, 9.17) is 16.3 Å². The molecule has 2 unspecified atom stereocenters. The van der Waals surface area contributed by atoms with Gasteiger partial charge in [0.05, 0.1) is 6.61 Å². The van der Waals surface area contributed by atoms with Crippen LogP contribution in [0, 0.1) is 11.8 Å². The van der Waals surface area contributed by atoms with E-state index in [1.807, 2.05) is 36.2 Å². The van der Waals surface area contributed by atoms with Crippen LogP contribution in [-0.2, 0) is 4.79 Å². The zero-order chi connectivity index (χ0) is 17.4. The molecule has 0 aliphatic carbocycles. The Morgan fingerprint density at radius 2 is 2.17 bits per heavy atom. The summed E-state index contributed by atoms with van der Waals surface area (Å²) in [6.07, 6.45) is 3.92. The fraction of sp³-hybridized carbons (Fsp3) is 0.632. The van der Waals surface area contributed by atoms with Gasteiger partial charge in [-0.1, -0.05) is 18.5 Å². The summed E-state index contributed by atoms with van der Waals surface area (Å²) < 4.78 is 5.66. The summed E-state index contributed by atoms with van der Waals surface area (Å²) >= 11 is 5.84. The molecule has 1 N–H and O–H groups in total. The number of nitrogens with zero attached hydrogens (tertiary/aromatic N) is 1. The van der Waals surface area contributed by atoms with Gasteiger partial charge in [0, 0.05) is 25.0 Å². The van der Waals surface area contributed by atoms with E-state index in [1.165, 1.54) is 12.8 Å². The largest absolute Gasteiger partial charge is 0.494 e. The highest BCUT2D eigenvalue weighted by molar-refractivity contribution is 6.30. The average molecular weight is 353 g/mol. The molecule has 1 heterocycles. The first-order chi connectivity index (χ1) is 11.6. The Morgan fingerprint density at radius 1 is 1.42 bits per heavy atom. The van der Waals surface area contributed by atoms with E-state index in [0.29, 0.717) is 29.9 Å². The number of hydrogen-bond acceptors (Lipinski definition) is 3. The molecular formula is C19H29ClN2O2. The number of nitrogens with one attached hydrogen (secondary N) is 1. The van der Waals surface area contributed by atoms with Crippen molar-refractivity contribution in [2.75, 3.05) is 33.3 Å². The summed E-state index contributed by atoms with van der Waals surface area (Å²) in [6, 6.07) is 7.34. The molecule has 0 radical (unpaired) electrons. The van der Waals surface area contributed by atoms with Gasteiger partial charge in [-0.3, -0.25) is 4.79 Å². The Bertz CT molecular complexity index is 501. The Kier molecular flexibility index (Phi) is 7.86. The molecule has 1 amide bonds. The van der Waals surface area contributed by atoms with Crippen molar-refractivity contribution in [2.24, 2.45) is 11.8 Å². The Labute approximate surface area is 150 Å². The smallest absolute Gasteiger partial charge is 0.222 e. The van der Waals surface area contributed by atoms with E-state index in [2.05, 4.69) is 12.2 Å². The number of halogens is 1. The fourth-order valence-corrected chi connectivity index (χ4v) is 3.24. The van der Waals surface area contributed by atoms with Crippen LogP contribution in [0.4, 0.5) is 0 Å². The monoisotopic (exact) mass is 352 g/mol. The third kappa shape index (κ3) is 6.33. The molecule has 24 heavy (non-hydrogen) atoms. The topological polar surface area (TPSA) is 41.6 Å². The molecule has 1 aromatic carbocycles. The molecule has 0 saturated carbocycles. The SMILES string of the molecule is CC(CC(=O)N(C)CCCOc1ccc(Cl)cc1)C1CCCNC1. The summed E-state index contributed by atoms with van der Waals surface area (Å²) in [6.45, 7) is 5.69. The minimum atomic E-state index is 0.236. The number of benzene rings is 1. The second-order valence-corrected chi connectivity index (χ2v) is 7.20. The molecule has 0 spiro atoms. The fourth-order valence-electron chi connectivity index (χ4n) is 3.11. The third-order valence-corrected chi connectivity index (χ3v) is 5.03. The molecule has 1 aliphatic heterocycles. The summed E-state index contributed by atoms with van der Waals surface area (Å²) in [5.74, 6) is 2.12. The lowest BCUT2D eigenvalue weighted by atomic mass is 9.85. The number of carbonyl (C=O) groups is 1. The maximum atomic E-state index is 12.3. The second kappa shape index (κ2) is 9.90. The molecule has 1 aliphatic rings. The predicted octanol–water partition coefficient (Wildman–Crippen LogP) is 3.59. The van der Waals surface area contributed by atoms with E-state index in [0.717, 1.165) is 31.8 Å². The van der Waals surface area contributed by atoms with Crippen LogP contribution in [0.5, 0.6) is 5.75 Å². The van der Waals surface area contributed by atoms with Crippen molar-refractivity contribution in [3.63, 3.8) is 0 Å². The van der Waals surface area contributed by atoms with Gasteiger partial charge in [-0.2, -0.15) is 0 Å². The quantitative estimate of drug-likeness (QED) is 0.727. The van der Waals surface area contributed by atoms with Gasteiger partial charge in [-0.15, -0.1) is 0 Å². The summed E-state index contributed by atoms with van der Waals surface area (Å²) in [4.78, 5) is 14.2. The zero-order valence-electron chi connectivity index (χ0n) is 14.8. The highest BCUT2D eigenvalue weighted by Gasteiger charge is 2.23. The molecular weight excluding hydrogens is 324 g/mol. The van der Waals surface area contributed by atoms with Gasteiger partial charge in [0.1, 0.15) is 5.75 Å². The van der Waals surface area contributed by atoms with E-state index < -0.39 is 0 Å². The highest BCUT2D eigenvalue weighted by atomic mass is 35.5. The van der Waals surface area contributed by atoms with Crippen molar-refractivity contribution in [2.45, 2.75) is 32.6 Å². The summed E-state index contributed by atoms with van der Waals surface area (Å²) in [7, 11) is 1.89.